The molecule has 68 valence electrons. The average Bonchev–Trinajstić information content (AvgIpc) is 2.33. The molecule has 1 heterocycles. The summed E-state index contributed by atoms with van der Waals surface area (Å²) in [5.41, 5.74) is 1.01. The summed E-state index contributed by atoms with van der Waals surface area (Å²) in [7, 11) is 1.40. The van der Waals surface area contributed by atoms with Crippen molar-refractivity contribution in [2.45, 2.75) is 25.7 Å². The molecule has 0 unspecified atom stereocenters. The van der Waals surface area contributed by atoms with Crippen LogP contribution in [0.25, 0.3) is 0 Å². The van der Waals surface area contributed by atoms with E-state index < -0.39 is 0 Å². The summed E-state index contributed by atoms with van der Waals surface area (Å²) in [5.74, 6) is -0.264. The fraction of sp³-hybridized carbons (Fsp3) is 0.667. The number of hydrogen-bond acceptors (Lipinski definition) is 3. The van der Waals surface area contributed by atoms with Crippen LogP contribution in [0.2, 0.25) is 0 Å². The van der Waals surface area contributed by atoms with Gasteiger partial charge < -0.3 is 10.1 Å². The van der Waals surface area contributed by atoms with E-state index in [0.29, 0.717) is 0 Å². The largest absolute Gasteiger partial charge is 0.466 e. The van der Waals surface area contributed by atoms with E-state index in [1.807, 2.05) is 0 Å². The molecule has 0 saturated carbocycles. The number of hydrogen-bond donors (Lipinski definition) is 1. The van der Waals surface area contributed by atoms with Crippen molar-refractivity contribution in [1.29, 1.82) is 0 Å². The molecular formula is C9H15NO2. The second kappa shape index (κ2) is 4.80. The van der Waals surface area contributed by atoms with Gasteiger partial charge in [0.15, 0.2) is 0 Å². The predicted molar refractivity (Wildman–Crippen MR) is 46.6 cm³/mol. The Hall–Kier alpha value is -0.990. The Morgan fingerprint density at radius 1 is 1.50 bits per heavy atom. The lowest BCUT2D eigenvalue weighted by molar-refractivity contribution is -0.134. The van der Waals surface area contributed by atoms with E-state index in [0.717, 1.165) is 25.1 Å². The minimum absolute atomic E-state index is 0.264. The Balaban J connectivity index is 2.47. The van der Waals surface area contributed by atoms with Gasteiger partial charge in [-0.05, 0) is 19.3 Å². The smallest absolute Gasteiger partial charge is 0.332 e. The summed E-state index contributed by atoms with van der Waals surface area (Å²) in [4.78, 5) is 10.9. The molecule has 1 N–H and O–H groups in total. The monoisotopic (exact) mass is 169 g/mol. The highest BCUT2D eigenvalue weighted by Crippen LogP contribution is 2.10. The van der Waals surface area contributed by atoms with Crippen LogP contribution in [-0.4, -0.2) is 19.6 Å². The number of esters is 1. The van der Waals surface area contributed by atoms with Crippen molar-refractivity contribution in [3.8, 4) is 0 Å². The van der Waals surface area contributed by atoms with Crippen molar-refractivity contribution in [1.82, 2.24) is 5.32 Å². The van der Waals surface area contributed by atoms with E-state index in [1.54, 1.807) is 6.08 Å². The molecule has 3 nitrogen and oxygen atoms in total. The van der Waals surface area contributed by atoms with E-state index in [4.69, 9.17) is 0 Å². The second-order valence-corrected chi connectivity index (χ2v) is 2.93. The van der Waals surface area contributed by atoms with Gasteiger partial charge in [-0.15, -0.1) is 0 Å². The Morgan fingerprint density at radius 2 is 2.33 bits per heavy atom. The molecule has 0 atom stereocenters. The van der Waals surface area contributed by atoms with Gasteiger partial charge in [0, 0.05) is 18.3 Å². The number of allylic oxidation sites excluding steroid dienone is 1. The lowest BCUT2D eigenvalue weighted by atomic mass is 10.2. The van der Waals surface area contributed by atoms with Crippen LogP contribution >= 0.6 is 0 Å². The fourth-order valence-corrected chi connectivity index (χ4v) is 1.28. The van der Waals surface area contributed by atoms with Gasteiger partial charge in [-0.25, -0.2) is 4.79 Å². The van der Waals surface area contributed by atoms with Crippen molar-refractivity contribution >= 4 is 5.97 Å². The van der Waals surface area contributed by atoms with Gasteiger partial charge in [-0.3, -0.25) is 0 Å². The van der Waals surface area contributed by atoms with Gasteiger partial charge >= 0.3 is 5.97 Å². The molecule has 0 radical (unpaired) electrons. The van der Waals surface area contributed by atoms with Gasteiger partial charge in [0.2, 0.25) is 0 Å². The number of carbonyl (C=O) groups is 1. The average molecular weight is 169 g/mol. The predicted octanol–water partition coefficient (Wildman–Crippen LogP) is 1.21. The van der Waals surface area contributed by atoms with Gasteiger partial charge in [0.1, 0.15) is 0 Å². The molecule has 3 heteroatoms. The molecule has 1 saturated heterocycles. The lowest BCUT2D eigenvalue weighted by Crippen LogP contribution is -2.13. The number of carbonyl (C=O) groups excluding carboxylic acids is 1. The summed E-state index contributed by atoms with van der Waals surface area (Å²) in [5, 5.41) is 3.21. The highest BCUT2D eigenvalue weighted by atomic mass is 16.5. The van der Waals surface area contributed by atoms with E-state index >= 15 is 0 Å². The maximum Gasteiger partial charge on any atom is 0.332 e. The van der Waals surface area contributed by atoms with Crippen molar-refractivity contribution < 1.29 is 9.53 Å². The summed E-state index contributed by atoms with van der Waals surface area (Å²) in [6, 6.07) is 0. The Bertz CT molecular complexity index is 177. The Morgan fingerprint density at radius 3 is 3.08 bits per heavy atom. The van der Waals surface area contributed by atoms with Crippen LogP contribution in [0.5, 0.6) is 0 Å². The van der Waals surface area contributed by atoms with Crippen LogP contribution in [0, 0.1) is 0 Å². The first-order valence-corrected chi connectivity index (χ1v) is 4.35. The highest BCUT2D eigenvalue weighted by Gasteiger charge is 2.04. The van der Waals surface area contributed by atoms with E-state index in [9.17, 15) is 4.79 Å². The minimum Gasteiger partial charge on any atom is -0.466 e. The molecule has 0 bridgehead atoms. The van der Waals surface area contributed by atoms with Crippen LogP contribution in [0.3, 0.4) is 0 Å². The molecule has 0 aliphatic carbocycles. The normalized spacial score (nSPS) is 21.2. The van der Waals surface area contributed by atoms with Crippen LogP contribution in [0.15, 0.2) is 11.8 Å². The topological polar surface area (TPSA) is 38.3 Å². The summed E-state index contributed by atoms with van der Waals surface area (Å²) >= 11 is 0. The molecule has 0 spiro atoms. The first kappa shape index (κ1) is 9.10. The minimum atomic E-state index is -0.264. The molecule has 1 rings (SSSR count). The number of rotatable bonds is 1. The zero-order valence-electron chi connectivity index (χ0n) is 7.43. The third-order valence-corrected chi connectivity index (χ3v) is 1.97. The molecule has 1 aliphatic heterocycles. The SMILES string of the molecule is COC(=O)/C=C1\CCCCCN1. The maximum absolute atomic E-state index is 10.9. The molecule has 0 aromatic carbocycles. The first-order chi connectivity index (χ1) is 5.83. The van der Waals surface area contributed by atoms with Gasteiger partial charge in [0.05, 0.1) is 7.11 Å². The lowest BCUT2D eigenvalue weighted by Gasteiger charge is -2.04. The Kier molecular flexibility index (Phi) is 3.64. The molecule has 1 aliphatic rings. The van der Waals surface area contributed by atoms with Gasteiger partial charge in [0.25, 0.3) is 0 Å². The summed E-state index contributed by atoms with van der Waals surface area (Å²) < 4.78 is 4.54. The number of ether oxygens (including phenoxy) is 1. The summed E-state index contributed by atoms with van der Waals surface area (Å²) in [6.45, 7) is 0.975. The second-order valence-electron chi connectivity index (χ2n) is 2.93. The first-order valence-electron chi connectivity index (χ1n) is 4.35. The highest BCUT2D eigenvalue weighted by molar-refractivity contribution is 5.82. The van der Waals surface area contributed by atoms with E-state index in [2.05, 4.69) is 10.1 Å². The third-order valence-electron chi connectivity index (χ3n) is 1.97. The van der Waals surface area contributed by atoms with Crippen molar-refractivity contribution in [3.63, 3.8) is 0 Å². The number of methoxy groups -OCH3 is 1. The summed E-state index contributed by atoms with van der Waals surface area (Å²) in [6.07, 6.45) is 6.11. The molecule has 12 heavy (non-hydrogen) atoms. The van der Waals surface area contributed by atoms with Gasteiger partial charge in [-0.1, -0.05) is 6.42 Å². The molecule has 0 amide bonds. The van der Waals surface area contributed by atoms with Crippen molar-refractivity contribution in [2.75, 3.05) is 13.7 Å². The van der Waals surface area contributed by atoms with Gasteiger partial charge in [-0.2, -0.15) is 0 Å². The molecule has 0 aromatic rings. The third kappa shape index (κ3) is 2.95. The van der Waals surface area contributed by atoms with Crippen LogP contribution < -0.4 is 5.32 Å². The number of nitrogens with one attached hydrogen (secondary N) is 1. The maximum atomic E-state index is 10.9. The van der Waals surface area contributed by atoms with Crippen LogP contribution in [0.4, 0.5) is 0 Å². The molecule has 0 aromatic heterocycles. The van der Waals surface area contributed by atoms with Crippen LogP contribution in [-0.2, 0) is 9.53 Å². The standard InChI is InChI=1S/C9H15NO2/c1-12-9(11)7-8-5-3-2-4-6-10-8/h7,10H,2-6H2,1H3/b8-7+. The zero-order valence-corrected chi connectivity index (χ0v) is 7.43. The Labute approximate surface area is 72.8 Å². The zero-order chi connectivity index (χ0) is 8.81. The van der Waals surface area contributed by atoms with Crippen molar-refractivity contribution in [3.05, 3.63) is 11.8 Å². The van der Waals surface area contributed by atoms with E-state index in [1.165, 1.54) is 20.0 Å². The van der Waals surface area contributed by atoms with Crippen LogP contribution in [0.1, 0.15) is 25.7 Å². The van der Waals surface area contributed by atoms with Crippen molar-refractivity contribution in [2.24, 2.45) is 0 Å². The van der Waals surface area contributed by atoms with E-state index in [-0.39, 0.29) is 5.97 Å². The fourth-order valence-electron chi connectivity index (χ4n) is 1.28. The molecular weight excluding hydrogens is 154 g/mol. The molecule has 1 fully saturated rings. The quantitative estimate of drug-likeness (QED) is 0.473.